The maximum Gasteiger partial charge on any atom is 0.149 e. The van der Waals surface area contributed by atoms with E-state index in [1.165, 1.54) is 12.8 Å². The molecule has 80 valence electrons. The first kappa shape index (κ1) is 9.36. The van der Waals surface area contributed by atoms with Gasteiger partial charge in [-0.2, -0.15) is 0 Å². The number of fused-ring (bicyclic) bond motifs is 2. The molecular weight excluding hydrogens is 212 g/mol. The molecule has 0 aromatic carbocycles. The van der Waals surface area contributed by atoms with Gasteiger partial charge in [0.2, 0.25) is 0 Å². The lowest BCUT2D eigenvalue weighted by Crippen LogP contribution is -2.52. The highest BCUT2D eigenvalue weighted by Crippen LogP contribution is 2.30. The molecular formula is C10H13ClN4. The van der Waals surface area contributed by atoms with Gasteiger partial charge < -0.3 is 10.2 Å². The molecule has 5 heteroatoms. The lowest BCUT2D eigenvalue weighted by molar-refractivity contribution is 0.480. The zero-order valence-corrected chi connectivity index (χ0v) is 9.11. The first-order valence-electron chi connectivity index (χ1n) is 5.31. The predicted molar refractivity (Wildman–Crippen MR) is 59.2 cm³/mol. The summed E-state index contributed by atoms with van der Waals surface area (Å²) < 4.78 is 0. The molecule has 0 aliphatic carbocycles. The number of halogens is 1. The summed E-state index contributed by atoms with van der Waals surface area (Å²) in [7, 11) is 0. The third-order valence-electron chi connectivity index (χ3n) is 3.24. The number of hydrogen-bond acceptors (Lipinski definition) is 4. The van der Waals surface area contributed by atoms with Gasteiger partial charge in [0.15, 0.2) is 0 Å². The second-order valence-corrected chi connectivity index (χ2v) is 4.54. The number of anilines is 1. The Kier molecular flexibility index (Phi) is 2.25. The van der Waals surface area contributed by atoms with Crippen LogP contribution in [0.3, 0.4) is 0 Å². The predicted octanol–water partition coefficient (Wildman–Crippen LogP) is 1.07. The summed E-state index contributed by atoms with van der Waals surface area (Å²) >= 11 is 5.86. The van der Waals surface area contributed by atoms with E-state index in [0.29, 0.717) is 17.2 Å². The van der Waals surface area contributed by atoms with Crippen molar-refractivity contribution in [2.24, 2.45) is 0 Å². The van der Waals surface area contributed by atoms with Crippen LogP contribution < -0.4 is 10.2 Å². The Morgan fingerprint density at radius 1 is 1.27 bits per heavy atom. The highest BCUT2D eigenvalue weighted by molar-refractivity contribution is 6.29. The molecule has 2 aliphatic heterocycles. The molecule has 1 aromatic heterocycles. The number of piperazine rings is 1. The van der Waals surface area contributed by atoms with Crippen LogP contribution in [0.2, 0.25) is 5.15 Å². The maximum atomic E-state index is 5.86. The van der Waals surface area contributed by atoms with Crippen molar-refractivity contribution in [2.45, 2.75) is 24.9 Å². The van der Waals surface area contributed by atoms with E-state index in [1.54, 1.807) is 6.20 Å². The molecule has 0 spiro atoms. The molecule has 0 amide bonds. The summed E-state index contributed by atoms with van der Waals surface area (Å²) in [5.41, 5.74) is 0. The molecule has 2 fully saturated rings. The SMILES string of the molecule is Clc1cncc(N2C3CCC2CNC3)n1. The average molecular weight is 225 g/mol. The van der Waals surface area contributed by atoms with E-state index < -0.39 is 0 Å². The Hall–Kier alpha value is -0.870. The van der Waals surface area contributed by atoms with E-state index in [9.17, 15) is 0 Å². The zero-order chi connectivity index (χ0) is 10.3. The van der Waals surface area contributed by atoms with E-state index in [4.69, 9.17) is 11.6 Å². The average Bonchev–Trinajstić information content (AvgIpc) is 2.49. The van der Waals surface area contributed by atoms with Gasteiger partial charge in [0.25, 0.3) is 0 Å². The van der Waals surface area contributed by atoms with Crippen molar-refractivity contribution in [3.05, 3.63) is 17.5 Å². The smallest absolute Gasteiger partial charge is 0.149 e. The number of nitrogens with zero attached hydrogens (tertiary/aromatic N) is 3. The molecule has 3 rings (SSSR count). The van der Waals surface area contributed by atoms with Crippen LogP contribution in [-0.2, 0) is 0 Å². The van der Waals surface area contributed by atoms with Crippen LogP contribution in [0.15, 0.2) is 12.4 Å². The van der Waals surface area contributed by atoms with Gasteiger partial charge in [0, 0.05) is 25.2 Å². The van der Waals surface area contributed by atoms with Crippen molar-refractivity contribution in [1.82, 2.24) is 15.3 Å². The minimum Gasteiger partial charge on any atom is -0.347 e. The van der Waals surface area contributed by atoms with Crippen molar-refractivity contribution in [1.29, 1.82) is 0 Å². The van der Waals surface area contributed by atoms with Gasteiger partial charge in [-0.25, -0.2) is 4.98 Å². The summed E-state index contributed by atoms with van der Waals surface area (Å²) in [5, 5.41) is 3.92. The van der Waals surface area contributed by atoms with Crippen molar-refractivity contribution < 1.29 is 0 Å². The summed E-state index contributed by atoms with van der Waals surface area (Å²) in [6.45, 7) is 2.09. The molecule has 2 unspecified atom stereocenters. The first-order chi connectivity index (χ1) is 7.34. The van der Waals surface area contributed by atoms with Crippen LogP contribution in [-0.4, -0.2) is 35.1 Å². The Labute approximate surface area is 93.7 Å². The van der Waals surface area contributed by atoms with E-state index in [0.717, 1.165) is 18.9 Å². The van der Waals surface area contributed by atoms with E-state index in [2.05, 4.69) is 20.2 Å². The van der Waals surface area contributed by atoms with E-state index >= 15 is 0 Å². The summed E-state index contributed by atoms with van der Waals surface area (Å²) in [5.74, 6) is 0.927. The van der Waals surface area contributed by atoms with Crippen LogP contribution in [0, 0.1) is 0 Å². The molecule has 0 radical (unpaired) electrons. The van der Waals surface area contributed by atoms with Gasteiger partial charge in [0.05, 0.1) is 12.4 Å². The van der Waals surface area contributed by atoms with Gasteiger partial charge in [-0.3, -0.25) is 4.98 Å². The minimum atomic E-state index is 0.477. The fourth-order valence-corrected chi connectivity index (χ4v) is 2.75. The Morgan fingerprint density at radius 3 is 2.67 bits per heavy atom. The summed E-state index contributed by atoms with van der Waals surface area (Å²) in [6.07, 6.45) is 5.87. The van der Waals surface area contributed by atoms with Crippen molar-refractivity contribution in [2.75, 3.05) is 18.0 Å². The van der Waals surface area contributed by atoms with Crippen molar-refractivity contribution >= 4 is 17.4 Å². The highest BCUT2D eigenvalue weighted by atomic mass is 35.5. The molecule has 2 bridgehead atoms. The second-order valence-electron chi connectivity index (χ2n) is 4.15. The molecule has 4 nitrogen and oxygen atoms in total. The first-order valence-corrected chi connectivity index (χ1v) is 5.69. The quantitative estimate of drug-likeness (QED) is 0.775. The third kappa shape index (κ3) is 1.58. The molecule has 0 saturated carbocycles. The Bertz CT molecular complexity index is 354. The van der Waals surface area contributed by atoms with Crippen LogP contribution >= 0.6 is 11.6 Å². The van der Waals surface area contributed by atoms with Crippen LogP contribution in [0.1, 0.15) is 12.8 Å². The molecule has 2 atom stereocenters. The van der Waals surface area contributed by atoms with Crippen LogP contribution in [0.5, 0.6) is 0 Å². The van der Waals surface area contributed by atoms with Crippen molar-refractivity contribution in [3.63, 3.8) is 0 Å². The number of nitrogens with one attached hydrogen (secondary N) is 1. The van der Waals surface area contributed by atoms with Crippen molar-refractivity contribution in [3.8, 4) is 0 Å². The van der Waals surface area contributed by atoms with Gasteiger partial charge in [0.1, 0.15) is 11.0 Å². The van der Waals surface area contributed by atoms with Gasteiger partial charge >= 0.3 is 0 Å². The van der Waals surface area contributed by atoms with Gasteiger partial charge in [-0.1, -0.05) is 11.6 Å². The number of hydrogen-bond donors (Lipinski definition) is 1. The molecule has 1 aromatic rings. The zero-order valence-electron chi connectivity index (χ0n) is 8.36. The lowest BCUT2D eigenvalue weighted by Gasteiger charge is -2.36. The van der Waals surface area contributed by atoms with Crippen LogP contribution in [0.4, 0.5) is 5.82 Å². The van der Waals surface area contributed by atoms with Gasteiger partial charge in [-0.05, 0) is 12.8 Å². The monoisotopic (exact) mass is 224 g/mol. The largest absolute Gasteiger partial charge is 0.347 e. The molecule has 1 N–H and O–H groups in total. The maximum absolute atomic E-state index is 5.86. The molecule has 2 aliphatic rings. The summed E-state index contributed by atoms with van der Waals surface area (Å²) in [4.78, 5) is 10.8. The Morgan fingerprint density at radius 2 is 2.00 bits per heavy atom. The lowest BCUT2D eigenvalue weighted by atomic mass is 10.2. The van der Waals surface area contributed by atoms with E-state index in [-0.39, 0.29) is 0 Å². The molecule has 2 saturated heterocycles. The Balaban J connectivity index is 1.93. The highest BCUT2D eigenvalue weighted by Gasteiger charge is 2.37. The standard InChI is InChI=1S/C10H13ClN4/c11-9-5-13-6-10(14-9)15-7-1-2-8(15)4-12-3-7/h5-8,12H,1-4H2. The fourth-order valence-electron chi connectivity index (χ4n) is 2.61. The fraction of sp³-hybridized carbons (Fsp3) is 0.600. The summed E-state index contributed by atoms with van der Waals surface area (Å²) in [6, 6.07) is 1.13. The minimum absolute atomic E-state index is 0.477. The van der Waals surface area contributed by atoms with Crippen LogP contribution in [0.25, 0.3) is 0 Å². The van der Waals surface area contributed by atoms with Gasteiger partial charge in [-0.15, -0.1) is 0 Å². The molecule has 3 heterocycles. The third-order valence-corrected chi connectivity index (χ3v) is 3.42. The number of aromatic nitrogens is 2. The normalized spacial score (nSPS) is 29.5. The molecule has 15 heavy (non-hydrogen) atoms. The second kappa shape index (κ2) is 3.61. The number of rotatable bonds is 1. The van der Waals surface area contributed by atoms with E-state index in [1.807, 2.05) is 6.20 Å². The topological polar surface area (TPSA) is 41.1 Å².